The molecule has 2 N–H and O–H groups in total. The molecule has 1 aromatic heterocycles. The van der Waals surface area contributed by atoms with Crippen LogP contribution in [0.1, 0.15) is 16.1 Å². The van der Waals surface area contributed by atoms with Crippen molar-refractivity contribution in [3.8, 4) is 0 Å². The Kier molecular flexibility index (Phi) is 2.28. The van der Waals surface area contributed by atoms with Gasteiger partial charge in [-0.05, 0) is 6.92 Å². The van der Waals surface area contributed by atoms with Gasteiger partial charge in [-0.1, -0.05) is 0 Å². The van der Waals surface area contributed by atoms with Gasteiger partial charge in [-0.25, -0.2) is 14.8 Å². The standard InChI is InChI=1S/C9H11N3O3/c1-5-7(8(14)15)2-10-9(11-5)12-3-6(13)4-12/h2,6,13H,3-4H2,1H3,(H,14,15). The number of carbonyl (C=O) groups is 1. The highest BCUT2D eigenvalue weighted by Gasteiger charge is 2.27. The number of carboxylic acid groups (broad SMARTS) is 1. The van der Waals surface area contributed by atoms with E-state index in [4.69, 9.17) is 10.2 Å². The third-order valence-corrected chi connectivity index (χ3v) is 2.34. The SMILES string of the molecule is Cc1nc(N2CC(O)C2)ncc1C(=O)O. The van der Waals surface area contributed by atoms with Crippen molar-refractivity contribution in [1.29, 1.82) is 0 Å². The van der Waals surface area contributed by atoms with Crippen LogP contribution in [0.5, 0.6) is 0 Å². The molecular formula is C9H11N3O3. The summed E-state index contributed by atoms with van der Waals surface area (Å²) in [5.74, 6) is -0.550. The van der Waals surface area contributed by atoms with Crippen molar-refractivity contribution in [2.45, 2.75) is 13.0 Å². The second-order valence-corrected chi connectivity index (χ2v) is 3.53. The Balaban J connectivity index is 2.22. The van der Waals surface area contributed by atoms with E-state index in [0.717, 1.165) is 0 Å². The van der Waals surface area contributed by atoms with E-state index in [9.17, 15) is 4.79 Å². The third kappa shape index (κ3) is 1.75. The molecule has 6 heteroatoms. The fraction of sp³-hybridized carbons (Fsp3) is 0.444. The van der Waals surface area contributed by atoms with E-state index in [2.05, 4.69) is 9.97 Å². The Hall–Kier alpha value is -1.69. The van der Waals surface area contributed by atoms with Crippen LogP contribution in [0.2, 0.25) is 0 Å². The van der Waals surface area contributed by atoms with Gasteiger partial charge >= 0.3 is 5.97 Å². The summed E-state index contributed by atoms with van der Waals surface area (Å²) in [7, 11) is 0. The molecule has 0 bridgehead atoms. The highest BCUT2D eigenvalue weighted by atomic mass is 16.4. The number of aryl methyl sites for hydroxylation is 1. The molecule has 0 amide bonds. The lowest BCUT2D eigenvalue weighted by Crippen LogP contribution is -2.51. The van der Waals surface area contributed by atoms with Gasteiger partial charge < -0.3 is 15.1 Å². The molecule has 0 aromatic carbocycles. The topological polar surface area (TPSA) is 86.5 Å². The Morgan fingerprint density at radius 3 is 2.73 bits per heavy atom. The smallest absolute Gasteiger partial charge is 0.339 e. The molecule has 80 valence electrons. The Labute approximate surface area is 86.2 Å². The van der Waals surface area contributed by atoms with E-state index in [0.29, 0.717) is 24.7 Å². The van der Waals surface area contributed by atoms with Crippen LogP contribution >= 0.6 is 0 Å². The van der Waals surface area contributed by atoms with Crippen molar-refractivity contribution in [3.05, 3.63) is 17.5 Å². The van der Waals surface area contributed by atoms with E-state index >= 15 is 0 Å². The molecule has 15 heavy (non-hydrogen) atoms. The van der Waals surface area contributed by atoms with Gasteiger partial charge in [-0.15, -0.1) is 0 Å². The van der Waals surface area contributed by atoms with Crippen LogP contribution in [0.15, 0.2) is 6.20 Å². The van der Waals surface area contributed by atoms with Crippen molar-refractivity contribution in [2.75, 3.05) is 18.0 Å². The van der Waals surface area contributed by atoms with Gasteiger partial charge in [0.15, 0.2) is 0 Å². The second-order valence-electron chi connectivity index (χ2n) is 3.53. The summed E-state index contributed by atoms with van der Waals surface area (Å²) in [6.45, 7) is 2.64. The number of carboxylic acids is 1. The molecule has 0 radical (unpaired) electrons. The minimum atomic E-state index is -1.03. The molecule has 1 aliphatic heterocycles. The molecule has 0 aliphatic carbocycles. The number of aromatic carboxylic acids is 1. The minimum absolute atomic E-state index is 0.111. The highest BCUT2D eigenvalue weighted by molar-refractivity contribution is 5.88. The van der Waals surface area contributed by atoms with Gasteiger partial charge in [0.25, 0.3) is 0 Å². The highest BCUT2D eigenvalue weighted by Crippen LogP contribution is 2.17. The van der Waals surface area contributed by atoms with Crippen LogP contribution in [-0.4, -0.2) is 45.3 Å². The van der Waals surface area contributed by atoms with Crippen LogP contribution in [0, 0.1) is 6.92 Å². The largest absolute Gasteiger partial charge is 0.478 e. The van der Waals surface area contributed by atoms with Gasteiger partial charge in [0.05, 0.1) is 17.4 Å². The number of β-amino-alcohol motifs (C(OH)–C–C–N with tert-alkyl or cyclic N) is 1. The first-order valence-electron chi connectivity index (χ1n) is 4.58. The maximum absolute atomic E-state index is 10.7. The molecule has 0 spiro atoms. The zero-order chi connectivity index (χ0) is 11.0. The summed E-state index contributed by atoms with van der Waals surface area (Å²) in [6.07, 6.45) is 0.970. The molecule has 0 unspecified atom stereocenters. The lowest BCUT2D eigenvalue weighted by molar-refractivity contribution is 0.0695. The summed E-state index contributed by atoms with van der Waals surface area (Å²) >= 11 is 0. The summed E-state index contributed by atoms with van der Waals surface area (Å²) in [4.78, 5) is 20.5. The van der Waals surface area contributed by atoms with Gasteiger partial charge in [-0.2, -0.15) is 0 Å². The number of nitrogens with zero attached hydrogens (tertiary/aromatic N) is 3. The fourth-order valence-electron chi connectivity index (χ4n) is 1.44. The van der Waals surface area contributed by atoms with Gasteiger partial charge in [0, 0.05) is 19.3 Å². The first-order chi connectivity index (χ1) is 7.08. The summed E-state index contributed by atoms with van der Waals surface area (Å²) in [5, 5.41) is 17.9. The van der Waals surface area contributed by atoms with Gasteiger partial charge in [0.1, 0.15) is 0 Å². The normalized spacial score (nSPS) is 16.3. The molecule has 0 saturated carbocycles. The van der Waals surface area contributed by atoms with Crippen LogP contribution in [-0.2, 0) is 0 Å². The van der Waals surface area contributed by atoms with E-state index in [1.807, 2.05) is 0 Å². The van der Waals surface area contributed by atoms with E-state index in [1.54, 1.807) is 11.8 Å². The summed E-state index contributed by atoms with van der Waals surface area (Å²) < 4.78 is 0. The Morgan fingerprint density at radius 2 is 2.27 bits per heavy atom. The van der Waals surface area contributed by atoms with E-state index < -0.39 is 5.97 Å². The maximum atomic E-state index is 10.7. The summed E-state index contributed by atoms with van der Waals surface area (Å²) in [6, 6.07) is 0. The zero-order valence-electron chi connectivity index (χ0n) is 8.21. The molecule has 1 saturated heterocycles. The minimum Gasteiger partial charge on any atom is -0.478 e. The second kappa shape index (κ2) is 3.47. The zero-order valence-corrected chi connectivity index (χ0v) is 8.21. The predicted octanol–water partition coefficient (Wildman–Crippen LogP) is -0.336. The average Bonchev–Trinajstić information content (AvgIpc) is 2.12. The van der Waals surface area contributed by atoms with Crippen LogP contribution < -0.4 is 4.90 Å². The molecule has 1 aliphatic rings. The summed E-state index contributed by atoms with van der Waals surface area (Å²) in [5.41, 5.74) is 0.550. The van der Waals surface area contributed by atoms with Crippen LogP contribution in [0.3, 0.4) is 0 Å². The average molecular weight is 209 g/mol. The number of aliphatic hydroxyl groups excluding tert-OH is 1. The molecular weight excluding hydrogens is 198 g/mol. The number of anilines is 1. The first-order valence-corrected chi connectivity index (χ1v) is 4.58. The molecule has 1 aromatic rings. The number of hydrogen-bond donors (Lipinski definition) is 2. The molecule has 2 rings (SSSR count). The van der Waals surface area contributed by atoms with Gasteiger partial charge in [0.2, 0.25) is 5.95 Å². The third-order valence-electron chi connectivity index (χ3n) is 2.34. The van der Waals surface area contributed by atoms with E-state index in [1.165, 1.54) is 6.20 Å². The Bertz CT molecular complexity index is 402. The van der Waals surface area contributed by atoms with Crippen molar-refractivity contribution in [3.63, 3.8) is 0 Å². The van der Waals surface area contributed by atoms with Crippen molar-refractivity contribution in [1.82, 2.24) is 9.97 Å². The van der Waals surface area contributed by atoms with E-state index in [-0.39, 0.29) is 11.7 Å². The fourth-order valence-corrected chi connectivity index (χ4v) is 1.44. The quantitative estimate of drug-likeness (QED) is 0.693. The lowest BCUT2D eigenvalue weighted by Gasteiger charge is -2.35. The number of aliphatic hydroxyl groups is 1. The molecule has 1 fully saturated rings. The van der Waals surface area contributed by atoms with Crippen molar-refractivity contribution >= 4 is 11.9 Å². The van der Waals surface area contributed by atoms with Crippen LogP contribution in [0.25, 0.3) is 0 Å². The van der Waals surface area contributed by atoms with Crippen LogP contribution in [0.4, 0.5) is 5.95 Å². The van der Waals surface area contributed by atoms with Crippen molar-refractivity contribution in [2.24, 2.45) is 0 Å². The Morgan fingerprint density at radius 1 is 1.60 bits per heavy atom. The number of rotatable bonds is 2. The molecule has 6 nitrogen and oxygen atoms in total. The maximum Gasteiger partial charge on any atom is 0.339 e. The monoisotopic (exact) mass is 209 g/mol. The predicted molar refractivity (Wildman–Crippen MR) is 51.9 cm³/mol. The molecule has 2 heterocycles. The first kappa shape index (κ1) is 9.85. The van der Waals surface area contributed by atoms with Gasteiger partial charge in [-0.3, -0.25) is 0 Å². The lowest BCUT2D eigenvalue weighted by atomic mass is 10.2. The number of aromatic nitrogens is 2. The molecule has 0 atom stereocenters. The number of hydrogen-bond acceptors (Lipinski definition) is 5. The van der Waals surface area contributed by atoms with Crippen molar-refractivity contribution < 1.29 is 15.0 Å².